The fourth-order valence-electron chi connectivity index (χ4n) is 2.14. The molecule has 0 aromatic heterocycles. The maximum Gasteiger partial charge on any atom is 0.162 e. The first-order valence-electron chi connectivity index (χ1n) is 6.34. The Labute approximate surface area is 133 Å². The summed E-state index contributed by atoms with van der Waals surface area (Å²) in [5.74, 6) is 1.08. The van der Waals surface area contributed by atoms with Gasteiger partial charge in [0.05, 0.1) is 19.2 Å². The van der Waals surface area contributed by atoms with E-state index in [9.17, 15) is 5.11 Å². The Morgan fingerprint density at radius 3 is 2.29 bits per heavy atom. The van der Waals surface area contributed by atoms with Crippen molar-refractivity contribution < 1.29 is 14.6 Å². The van der Waals surface area contributed by atoms with Gasteiger partial charge in [-0.1, -0.05) is 29.8 Å². The Hall–Kier alpha value is -1.36. The van der Waals surface area contributed by atoms with Crippen molar-refractivity contribution >= 4 is 23.4 Å². The fourth-order valence-corrected chi connectivity index (χ4v) is 3.03. The summed E-state index contributed by atoms with van der Waals surface area (Å²) >= 11 is 7.86. The zero-order valence-electron chi connectivity index (χ0n) is 12.1. The number of ether oxygens (including phenoxy) is 2. The summed E-state index contributed by atoms with van der Waals surface area (Å²) < 4.78 is 10.5. The van der Waals surface area contributed by atoms with Crippen LogP contribution in [0.25, 0.3) is 0 Å². The van der Waals surface area contributed by atoms with Gasteiger partial charge >= 0.3 is 0 Å². The Kier molecular flexibility index (Phi) is 5.39. The highest BCUT2D eigenvalue weighted by Gasteiger charge is 2.20. The van der Waals surface area contributed by atoms with E-state index in [1.807, 2.05) is 30.5 Å². The fraction of sp³-hybridized carbons (Fsp3) is 0.250. The molecule has 5 heteroatoms. The molecule has 0 amide bonds. The molecule has 0 aliphatic heterocycles. The van der Waals surface area contributed by atoms with Gasteiger partial charge in [-0.2, -0.15) is 0 Å². The predicted molar refractivity (Wildman–Crippen MR) is 86.8 cm³/mol. The molecule has 2 aromatic rings. The summed E-state index contributed by atoms with van der Waals surface area (Å²) in [6, 6.07) is 11.1. The zero-order chi connectivity index (χ0) is 15.4. The number of methoxy groups -OCH3 is 2. The molecular weight excluding hydrogens is 308 g/mol. The van der Waals surface area contributed by atoms with Gasteiger partial charge in [-0.15, -0.1) is 11.8 Å². The number of aliphatic hydroxyl groups is 1. The third-order valence-corrected chi connectivity index (χ3v) is 4.37. The number of hydrogen-bond donors (Lipinski definition) is 1. The molecule has 0 spiro atoms. The van der Waals surface area contributed by atoms with Gasteiger partial charge in [0.2, 0.25) is 0 Å². The first-order chi connectivity index (χ1) is 10.1. The molecule has 21 heavy (non-hydrogen) atoms. The summed E-state index contributed by atoms with van der Waals surface area (Å²) in [5.41, 5.74) is 1.41. The van der Waals surface area contributed by atoms with E-state index in [2.05, 4.69) is 0 Å². The number of benzene rings is 2. The van der Waals surface area contributed by atoms with Crippen LogP contribution in [0.5, 0.6) is 11.5 Å². The minimum absolute atomic E-state index is 0.441. The predicted octanol–water partition coefficient (Wildman–Crippen LogP) is 4.16. The van der Waals surface area contributed by atoms with Crippen LogP contribution >= 0.6 is 23.4 Å². The molecule has 112 valence electrons. The lowest BCUT2D eigenvalue weighted by molar-refractivity contribution is 0.216. The molecule has 0 saturated carbocycles. The second-order valence-corrected chi connectivity index (χ2v) is 5.63. The first kappa shape index (κ1) is 16.0. The lowest BCUT2D eigenvalue weighted by atomic mass is 10.0. The van der Waals surface area contributed by atoms with Crippen molar-refractivity contribution in [1.82, 2.24) is 0 Å². The van der Waals surface area contributed by atoms with Crippen LogP contribution in [0.3, 0.4) is 0 Å². The van der Waals surface area contributed by atoms with Gasteiger partial charge in [0.1, 0.15) is 6.10 Å². The van der Waals surface area contributed by atoms with E-state index < -0.39 is 6.10 Å². The van der Waals surface area contributed by atoms with Crippen LogP contribution in [0.4, 0.5) is 0 Å². The van der Waals surface area contributed by atoms with Crippen molar-refractivity contribution in [1.29, 1.82) is 0 Å². The molecule has 0 heterocycles. The summed E-state index contributed by atoms with van der Waals surface area (Å²) in [4.78, 5) is 1.01. The van der Waals surface area contributed by atoms with E-state index >= 15 is 0 Å². The van der Waals surface area contributed by atoms with Crippen molar-refractivity contribution in [2.45, 2.75) is 11.0 Å². The molecule has 0 aliphatic carbocycles. The van der Waals surface area contributed by atoms with Crippen molar-refractivity contribution in [3.05, 3.63) is 52.5 Å². The first-order valence-corrected chi connectivity index (χ1v) is 7.95. The minimum atomic E-state index is -0.819. The van der Waals surface area contributed by atoms with Gasteiger partial charge in [-0.3, -0.25) is 0 Å². The lowest BCUT2D eigenvalue weighted by Gasteiger charge is -2.18. The third kappa shape index (κ3) is 3.28. The molecule has 0 fully saturated rings. The lowest BCUT2D eigenvalue weighted by Crippen LogP contribution is -2.03. The summed E-state index contributed by atoms with van der Waals surface area (Å²) in [6.45, 7) is 0. The highest BCUT2D eigenvalue weighted by Crippen LogP contribution is 2.39. The van der Waals surface area contributed by atoms with Crippen molar-refractivity contribution in [3.63, 3.8) is 0 Å². The van der Waals surface area contributed by atoms with Crippen molar-refractivity contribution in [2.24, 2.45) is 0 Å². The Morgan fingerprint density at radius 2 is 1.67 bits per heavy atom. The maximum absolute atomic E-state index is 10.7. The van der Waals surface area contributed by atoms with Gasteiger partial charge in [-0.05, 0) is 24.0 Å². The molecule has 1 unspecified atom stereocenters. The number of thioether (sulfide) groups is 1. The Balaban J connectivity index is 2.50. The normalized spacial score (nSPS) is 12.0. The standard InChI is InChI=1S/C16H17ClO3S/c1-19-13-8-11(12(17)9-14(13)20-2)16(18)10-6-4-5-7-15(10)21-3/h4-9,16,18H,1-3H3. The molecule has 0 bridgehead atoms. The Morgan fingerprint density at radius 1 is 1.05 bits per heavy atom. The van der Waals surface area contributed by atoms with E-state index in [4.69, 9.17) is 21.1 Å². The third-order valence-electron chi connectivity index (χ3n) is 3.23. The average molecular weight is 325 g/mol. The van der Waals surface area contributed by atoms with Gasteiger partial charge in [0, 0.05) is 16.5 Å². The quantitative estimate of drug-likeness (QED) is 0.838. The molecule has 0 radical (unpaired) electrons. The minimum Gasteiger partial charge on any atom is -0.493 e. The van der Waals surface area contributed by atoms with E-state index in [0.29, 0.717) is 22.1 Å². The highest BCUT2D eigenvalue weighted by molar-refractivity contribution is 7.98. The van der Waals surface area contributed by atoms with Crippen LogP contribution < -0.4 is 9.47 Å². The molecule has 0 aliphatic rings. The van der Waals surface area contributed by atoms with Crippen LogP contribution in [-0.2, 0) is 0 Å². The zero-order valence-corrected chi connectivity index (χ0v) is 13.7. The smallest absolute Gasteiger partial charge is 0.162 e. The van der Waals surface area contributed by atoms with E-state index in [-0.39, 0.29) is 0 Å². The molecule has 0 saturated heterocycles. The maximum atomic E-state index is 10.7. The van der Waals surface area contributed by atoms with Gasteiger partial charge < -0.3 is 14.6 Å². The van der Waals surface area contributed by atoms with E-state index in [1.165, 1.54) is 0 Å². The van der Waals surface area contributed by atoms with Crippen LogP contribution in [-0.4, -0.2) is 25.6 Å². The molecule has 3 nitrogen and oxygen atoms in total. The van der Waals surface area contributed by atoms with Crippen LogP contribution in [0.2, 0.25) is 5.02 Å². The summed E-state index contributed by atoms with van der Waals surface area (Å²) in [6.07, 6.45) is 1.16. The SMILES string of the molecule is COc1cc(Cl)c(C(O)c2ccccc2SC)cc1OC. The average Bonchev–Trinajstić information content (AvgIpc) is 2.53. The number of aliphatic hydroxyl groups excluding tert-OH is 1. The topological polar surface area (TPSA) is 38.7 Å². The number of halogens is 1. The summed E-state index contributed by atoms with van der Waals surface area (Å²) in [5, 5.41) is 11.1. The number of rotatable bonds is 5. The monoisotopic (exact) mass is 324 g/mol. The van der Waals surface area contributed by atoms with Crippen LogP contribution in [0.1, 0.15) is 17.2 Å². The largest absolute Gasteiger partial charge is 0.493 e. The van der Waals surface area contributed by atoms with E-state index in [1.54, 1.807) is 38.1 Å². The van der Waals surface area contributed by atoms with Gasteiger partial charge in [0.25, 0.3) is 0 Å². The molecular formula is C16H17ClO3S. The van der Waals surface area contributed by atoms with Crippen molar-refractivity contribution in [3.8, 4) is 11.5 Å². The van der Waals surface area contributed by atoms with Crippen LogP contribution in [0, 0.1) is 0 Å². The van der Waals surface area contributed by atoms with Gasteiger partial charge in [0.15, 0.2) is 11.5 Å². The van der Waals surface area contributed by atoms with Gasteiger partial charge in [-0.25, -0.2) is 0 Å². The molecule has 1 N–H and O–H groups in total. The van der Waals surface area contributed by atoms with Crippen LogP contribution in [0.15, 0.2) is 41.3 Å². The number of hydrogen-bond acceptors (Lipinski definition) is 4. The van der Waals surface area contributed by atoms with E-state index in [0.717, 1.165) is 10.5 Å². The second-order valence-electron chi connectivity index (χ2n) is 4.37. The molecule has 1 atom stereocenters. The summed E-state index contributed by atoms with van der Waals surface area (Å²) in [7, 11) is 3.10. The second kappa shape index (κ2) is 7.07. The Bertz CT molecular complexity index is 631. The molecule has 2 rings (SSSR count). The highest BCUT2D eigenvalue weighted by atomic mass is 35.5. The van der Waals surface area contributed by atoms with Crippen molar-refractivity contribution in [2.75, 3.05) is 20.5 Å². The molecule has 2 aromatic carbocycles.